The van der Waals surface area contributed by atoms with Crippen LogP contribution in [0.4, 0.5) is 10.8 Å². The van der Waals surface area contributed by atoms with E-state index in [1.807, 2.05) is 35.4 Å². The largest absolute Gasteiger partial charge is 0.399 e. The highest BCUT2D eigenvalue weighted by molar-refractivity contribution is 7.15. The Morgan fingerprint density at radius 2 is 1.88 bits per heavy atom. The van der Waals surface area contributed by atoms with Crippen molar-refractivity contribution >= 4 is 52.9 Å². The van der Waals surface area contributed by atoms with Crippen molar-refractivity contribution in [1.82, 2.24) is 9.88 Å². The van der Waals surface area contributed by atoms with Crippen LogP contribution in [0, 0.1) is 0 Å². The van der Waals surface area contributed by atoms with Crippen LogP contribution in [0.1, 0.15) is 23.8 Å². The molecule has 1 aliphatic heterocycles. The fourth-order valence-electron chi connectivity index (χ4n) is 2.92. The van der Waals surface area contributed by atoms with Gasteiger partial charge in [-0.05, 0) is 24.5 Å². The number of aromatic nitrogens is 1. The Morgan fingerprint density at radius 3 is 2.50 bits per heavy atom. The maximum absolute atomic E-state index is 12.4. The van der Waals surface area contributed by atoms with Gasteiger partial charge in [0.2, 0.25) is 5.91 Å². The summed E-state index contributed by atoms with van der Waals surface area (Å²) in [5, 5.41) is 1.08. The molecule has 0 radical (unpaired) electrons. The lowest BCUT2D eigenvalue weighted by Crippen LogP contribution is -2.48. The first-order valence-corrected chi connectivity index (χ1v) is 9.30. The Kier molecular flexibility index (Phi) is 9.19. The Hall–Kier alpha value is -1.50. The van der Waals surface area contributed by atoms with Crippen molar-refractivity contribution < 1.29 is 4.79 Å². The Bertz CT molecular complexity index is 702. The van der Waals surface area contributed by atoms with Crippen LogP contribution >= 0.6 is 36.2 Å². The van der Waals surface area contributed by atoms with Crippen molar-refractivity contribution in [3.63, 3.8) is 0 Å². The van der Waals surface area contributed by atoms with Crippen molar-refractivity contribution in [2.75, 3.05) is 36.8 Å². The smallest absolute Gasteiger partial charge is 0.223 e. The Morgan fingerprint density at radius 1 is 1.19 bits per heavy atom. The number of carbonyl (C=O) groups excluding carboxylic acids is 1. The van der Waals surface area contributed by atoms with Gasteiger partial charge in [-0.25, -0.2) is 4.98 Å². The summed E-state index contributed by atoms with van der Waals surface area (Å²) < 4.78 is 0. The minimum atomic E-state index is 0. The van der Waals surface area contributed by atoms with Crippen LogP contribution in [-0.4, -0.2) is 42.0 Å². The second-order valence-electron chi connectivity index (χ2n) is 6.03. The third-order valence-electron chi connectivity index (χ3n) is 4.46. The molecule has 1 aromatic carbocycles. The van der Waals surface area contributed by atoms with Crippen molar-refractivity contribution in [3.05, 3.63) is 40.9 Å². The van der Waals surface area contributed by atoms with E-state index in [4.69, 9.17) is 5.73 Å². The number of nitrogen functional groups attached to an aromatic ring is 1. The molecule has 0 bridgehead atoms. The van der Waals surface area contributed by atoms with Gasteiger partial charge in [-0.1, -0.05) is 25.1 Å². The lowest BCUT2D eigenvalue weighted by Gasteiger charge is -2.34. The minimum Gasteiger partial charge on any atom is -0.399 e. The fraction of sp³-hybridized carbons (Fsp3) is 0.444. The standard InChI is InChI=1S/C18H24N4OS.2ClH/c1-2-15-13-20-18(24-15)22-11-9-21(10-12-22)17(23)8-7-14-5-3-4-6-16(14)19;;/h3-6,13H,2,7-12,19H2,1H3;2*1H. The first kappa shape index (κ1) is 22.5. The molecule has 1 aliphatic rings. The van der Waals surface area contributed by atoms with E-state index in [2.05, 4.69) is 16.8 Å². The average Bonchev–Trinajstić information content (AvgIpc) is 3.10. The van der Waals surface area contributed by atoms with Gasteiger partial charge in [-0.15, -0.1) is 36.2 Å². The first-order chi connectivity index (χ1) is 11.7. The minimum absolute atomic E-state index is 0. The number of aryl methyl sites for hydroxylation is 2. The van der Waals surface area contributed by atoms with Crippen molar-refractivity contribution in [2.24, 2.45) is 0 Å². The number of benzene rings is 1. The van der Waals surface area contributed by atoms with E-state index in [0.29, 0.717) is 12.8 Å². The number of piperazine rings is 1. The summed E-state index contributed by atoms with van der Waals surface area (Å²) >= 11 is 1.76. The number of nitrogens with two attached hydrogens (primary N) is 1. The third-order valence-corrected chi connectivity index (χ3v) is 5.66. The topological polar surface area (TPSA) is 62.5 Å². The molecular formula is C18H26Cl2N4OS. The maximum atomic E-state index is 12.4. The SMILES string of the molecule is CCc1cnc(N2CCN(C(=O)CCc3ccccc3N)CC2)s1.Cl.Cl. The molecule has 3 rings (SSSR count). The quantitative estimate of drug-likeness (QED) is 0.758. The normalized spacial score (nSPS) is 13.7. The van der Waals surface area contributed by atoms with E-state index in [1.165, 1.54) is 4.88 Å². The molecular weight excluding hydrogens is 391 g/mol. The third kappa shape index (κ3) is 5.50. The molecule has 1 aromatic heterocycles. The zero-order chi connectivity index (χ0) is 16.9. The number of thiazole rings is 1. The van der Waals surface area contributed by atoms with Gasteiger partial charge >= 0.3 is 0 Å². The van der Waals surface area contributed by atoms with Gasteiger partial charge in [0.25, 0.3) is 0 Å². The van der Waals surface area contributed by atoms with Crippen LogP contribution in [0.2, 0.25) is 0 Å². The molecule has 8 heteroatoms. The molecule has 1 saturated heterocycles. The van der Waals surface area contributed by atoms with Crippen LogP contribution in [0.15, 0.2) is 30.5 Å². The Balaban J connectivity index is 0.00000169. The van der Waals surface area contributed by atoms with Gasteiger partial charge in [0.05, 0.1) is 0 Å². The number of nitrogens with zero attached hydrogens (tertiary/aromatic N) is 3. The lowest BCUT2D eigenvalue weighted by atomic mass is 10.1. The summed E-state index contributed by atoms with van der Waals surface area (Å²) in [6.07, 6.45) is 4.21. The van der Waals surface area contributed by atoms with E-state index in [1.54, 1.807) is 11.3 Å². The molecule has 1 amide bonds. The number of para-hydroxylation sites is 1. The van der Waals surface area contributed by atoms with Crippen LogP contribution in [0.5, 0.6) is 0 Å². The van der Waals surface area contributed by atoms with Crippen LogP contribution in [0.25, 0.3) is 0 Å². The molecule has 1 fully saturated rings. The number of anilines is 2. The summed E-state index contributed by atoms with van der Waals surface area (Å²) in [7, 11) is 0. The number of hydrogen-bond donors (Lipinski definition) is 1. The van der Waals surface area contributed by atoms with Crippen molar-refractivity contribution in [2.45, 2.75) is 26.2 Å². The van der Waals surface area contributed by atoms with Gasteiger partial charge in [0.1, 0.15) is 0 Å². The zero-order valence-electron chi connectivity index (χ0n) is 14.9. The summed E-state index contributed by atoms with van der Waals surface area (Å²) in [4.78, 5) is 22.5. The summed E-state index contributed by atoms with van der Waals surface area (Å²) in [6.45, 7) is 5.40. The predicted molar refractivity (Wildman–Crippen MR) is 114 cm³/mol. The number of hydrogen-bond acceptors (Lipinski definition) is 5. The van der Waals surface area contributed by atoms with E-state index >= 15 is 0 Å². The van der Waals surface area contributed by atoms with Gasteiger partial charge in [0, 0.05) is 49.4 Å². The van der Waals surface area contributed by atoms with Crippen molar-refractivity contribution in [3.8, 4) is 0 Å². The molecule has 0 spiro atoms. The highest BCUT2D eigenvalue weighted by Gasteiger charge is 2.22. The Labute approximate surface area is 171 Å². The second kappa shape index (κ2) is 10.6. The molecule has 144 valence electrons. The average molecular weight is 417 g/mol. The molecule has 0 saturated carbocycles. The molecule has 0 atom stereocenters. The van der Waals surface area contributed by atoms with Gasteiger partial charge in [0.15, 0.2) is 5.13 Å². The van der Waals surface area contributed by atoms with E-state index < -0.39 is 0 Å². The molecule has 5 nitrogen and oxygen atoms in total. The fourth-order valence-corrected chi connectivity index (χ4v) is 3.82. The summed E-state index contributed by atoms with van der Waals surface area (Å²) in [5.41, 5.74) is 7.77. The number of rotatable bonds is 5. The summed E-state index contributed by atoms with van der Waals surface area (Å²) in [6, 6.07) is 7.77. The highest BCUT2D eigenvalue weighted by atomic mass is 35.5. The molecule has 0 aliphatic carbocycles. The van der Waals surface area contributed by atoms with Crippen LogP contribution < -0.4 is 10.6 Å². The molecule has 26 heavy (non-hydrogen) atoms. The van der Waals surface area contributed by atoms with Crippen LogP contribution in [-0.2, 0) is 17.6 Å². The first-order valence-electron chi connectivity index (χ1n) is 8.48. The number of carbonyl (C=O) groups is 1. The predicted octanol–water partition coefficient (Wildman–Crippen LogP) is 3.41. The zero-order valence-corrected chi connectivity index (χ0v) is 17.3. The van der Waals surface area contributed by atoms with E-state index in [9.17, 15) is 4.79 Å². The van der Waals surface area contributed by atoms with E-state index in [0.717, 1.165) is 49.0 Å². The molecule has 2 N–H and O–H groups in total. The number of amides is 1. The highest BCUT2D eigenvalue weighted by Crippen LogP contribution is 2.24. The van der Waals surface area contributed by atoms with Crippen molar-refractivity contribution in [1.29, 1.82) is 0 Å². The summed E-state index contributed by atoms with van der Waals surface area (Å²) in [5.74, 6) is 0.214. The molecule has 0 unspecified atom stereocenters. The number of halogens is 2. The van der Waals surface area contributed by atoms with Gasteiger partial charge in [-0.3, -0.25) is 4.79 Å². The van der Waals surface area contributed by atoms with Gasteiger partial charge in [-0.2, -0.15) is 0 Å². The van der Waals surface area contributed by atoms with E-state index in [-0.39, 0.29) is 30.7 Å². The molecule has 2 heterocycles. The maximum Gasteiger partial charge on any atom is 0.223 e. The van der Waals surface area contributed by atoms with Gasteiger partial charge < -0.3 is 15.5 Å². The monoisotopic (exact) mass is 416 g/mol. The second-order valence-corrected chi connectivity index (χ2v) is 7.12. The lowest BCUT2D eigenvalue weighted by molar-refractivity contribution is -0.131. The molecule has 2 aromatic rings. The van der Waals surface area contributed by atoms with Crippen LogP contribution in [0.3, 0.4) is 0 Å².